The summed E-state index contributed by atoms with van der Waals surface area (Å²) < 4.78 is 30.2. The van der Waals surface area contributed by atoms with Crippen LogP contribution in [0.25, 0.3) is 6.08 Å². The SMILES string of the molecule is CN(C)S(=O)(=O)c1cccc(NC(=O)COC(=O)/C=C/c2ccc(Cl)c(Cl)c2)c1. The number of nitrogens with one attached hydrogen (secondary N) is 1. The molecule has 1 N–H and O–H groups in total. The fraction of sp³-hybridized carbons (Fsp3) is 0.158. The van der Waals surface area contributed by atoms with Crippen LogP contribution < -0.4 is 5.32 Å². The second-order valence-corrected chi connectivity index (χ2v) is 8.94. The normalized spacial score (nSPS) is 11.6. The lowest BCUT2D eigenvalue weighted by Gasteiger charge is -2.12. The van der Waals surface area contributed by atoms with Crippen molar-refractivity contribution in [3.63, 3.8) is 0 Å². The first-order valence-corrected chi connectivity index (χ1v) is 10.4. The summed E-state index contributed by atoms with van der Waals surface area (Å²) in [6, 6.07) is 10.6. The van der Waals surface area contributed by atoms with E-state index in [0.717, 1.165) is 10.4 Å². The van der Waals surface area contributed by atoms with Crippen molar-refractivity contribution in [3.8, 4) is 0 Å². The minimum Gasteiger partial charge on any atom is -0.452 e. The molecule has 0 saturated heterocycles. The molecule has 0 unspecified atom stereocenters. The van der Waals surface area contributed by atoms with Crippen LogP contribution in [0.1, 0.15) is 5.56 Å². The standard InChI is InChI=1S/C19H18Cl2N2O5S/c1-23(2)29(26,27)15-5-3-4-14(11-15)22-18(24)12-28-19(25)9-7-13-6-8-16(20)17(21)10-13/h3-11H,12H2,1-2H3,(H,22,24)/b9-7+. The molecule has 0 bridgehead atoms. The Labute approximate surface area is 178 Å². The highest BCUT2D eigenvalue weighted by atomic mass is 35.5. The summed E-state index contributed by atoms with van der Waals surface area (Å²) in [5.74, 6) is -1.34. The van der Waals surface area contributed by atoms with Gasteiger partial charge in [-0.1, -0.05) is 35.3 Å². The zero-order chi connectivity index (χ0) is 21.6. The average molecular weight is 457 g/mol. The van der Waals surface area contributed by atoms with Crippen molar-refractivity contribution in [2.24, 2.45) is 0 Å². The van der Waals surface area contributed by atoms with Crippen LogP contribution in [0.4, 0.5) is 5.69 Å². The number of sulfonamides is 1. The molecule has 0 aliphatic carbocycles. The molecule has 0 spiro atoms. The van der Waals surface area contributed by atoms with Gasteiger partial charge in [-0.25, -0.2) is 17.5 Å². The van der Waals surface area contributed by atoms with Crippen LogP contribution in [0.3, 0.4) is 0 Å². The fourth-order valence-corrected chi connectivity index (χ4v) is 3.36. The molecule has 7 nitrogen and oxygen atoms in total. The van der Waals surface area contributed by atoms with Gasteiger partial charge in [-0.3, -0.25) is 4.79 Å². The first-order valence-electron chi connectivity index (χ1n) is 8.22. The Morgan fingerprint density at radius 2 is 1.83 bits per heavy atom. The lowest BCUT2D eigenvalue weighted by Crippen LogP contribution is -2.23. The van der Waals surface area contributed by atoms with Gasteiger partial charge in [0, 0.05) is 25.9 Å². The molecule has 2 aromatic carbocycles. The van der Waals surface area contributed by atoms with Gasteiger partial charge in [0.05, 0.1) is 14.9 Å². The molecule has 0 atom stereocenters. The van der Waals surface area contributed by atoms with Crippen LogP contribution in [0.15, 0.2) is 53.4 Å². The number of amides is 1. The maximum Gasteiger partial charge on any atom is 0.331 e. The van der Waals surface area contributed by atoms with E-state index in [-0.39, 0.29) is 10.6 Å². The Hall–Kier alpha value is -2.39. The molecule has 0 heterocycles. The number of carbonyl (C=O) groups is 2. The van der Waals surface area contributed by atoms with Gasteiger partial charge >= 0.3 is 5.97 Å². The summed E-state index contributed by atoms with van der Waals surface area (Å²) >= 11 is 11.7. The van der Waals surface area contributed by atoms with Crippen molar-refractivity contribution in [1.29, 1.82) is 0 Å². The summed E-state index contributed by atoms with van der Waals surface area (Å²) in [5, 5.41) is 3.22. The predicted molar refractivity (Wildman–Crippen MR) is 112 cm³/mol. The first kappa shape index (κ1) is 22.9. The van der Waals surface area contributed by atoms with Crippen LogP contribution in [0, 0.1) is 0 Å². The van der Waals surface area contributed by atoms with Crippen molar-refractivity contribution < 1.29 is 22.7 Å². The average Bonchev–Trinajstić information content (AvgIpc) is 2.67. The second kappa shape index (κ2) is 9.89. The number of rotatable bonds is 7. The lowest BCUT2D eigenvalue weighted by molar-refractivity contribution is -0.142. The van der Waals surface area contributed by atoms with Gasteiger partial charge in [0.15, 0.2) is 6.61 Å². The quantitative estimate of drug-likeness (QED) is 0.508. The number of hydrogen-bond donors (Lipinski definition) is 1. The monoisotopic (exact) mass is 456 g/mol. The van der Waals surface area contributed by atoms with E-state index >= 15 is 0 Å². The number of carbonyl (C=O) groups excluding carboxylic acids is 2. The van der Waals surface area contributed by atoms with E-state index < -0.39 is 28.5 Å². The highest BCUT2D eigenvalue weighted by molar-refractivity contribution is 7.89. The van der Waals surface area contributed by atoms with Crippen molar-refractivity contribution >= 4 is 56.9 Å². The van der Waals surface area contributed by atoms with Crippen LogP contribution in [-0.2, 0) is 24.3 Å². The van der Waals surface area contributed by atoms with Gasteiger partial charge in [0.1, 0.15) is 0 Å². The zero-order valence-electron chi connectivity index (χ0n) is 15.6. The third-order valence-corrected chi connectivity index (χ3v) is 6.15. The maximum atomic E-state index is 12.1. The molecule has 0 radical (unpaired) electrons. The Bertz CT molecular complexity index is 1050. The Morgan fingerprint density at radius 3 is 2.48 bits per heavy atom. The molecule has 2 rings (SSSR count). The zero-order valence-corrected chi connectivity index (χ0v) is 17.9. The molecule has 0 aliphatic rings. The molecule has 0 saturated carbocycles. The molecule has 1 amide bonds. The van der Waals surface area contributed by atoms with Gasteiger partial charge in [-0.15, -0.1) is 0 Å². The maximum absolute atomic E-state index is 12.1. The van der Waals surface area contributed by atoms with Crippen LogP contribution in [-0.4, -0.2) is 45.3 Å². The van der Waals surface area contributed by atoms with Gasteiger partial charge < -0.3 is 10.1 Å². The number of ether oxygens (including phenoxy) is 1. The molecular formula is C19H18Cl2N2O5S. The van der Waals surface area contributed by atoms with Gasteiger partial charge in [-0.05, 0) is 42.0 Å². The minimum atomic E-state index is -3.63. The van der Waals surface area contributed by atoms with Crippen molar-refractivity contribution in [1.82, 2.24) is 4.31 Å². The number of esters is 1. The van der Waals surface area contributed by atoms with Crippen LogP contribution >= 0.6 is 23.2 Å². The molecule has 0 fully saturated rings. The summed E-state index contributed by atoms with van der Waals surface area (Å²) in [5.41, 5.74) is 0.903. The summed E-state index contributed by atoms with van der Waals surface area (Å²) in [6.45, 7) is -0.533. The van der Waals surface area contributed by atoms with E-state index in [1.165, 1.54) is 44.4 Å². The van der Waals surface area contributed by atoms with Crippen LogP contribution in [0.2, 0.25) is 10.0 Å². The molecule has 29 heavy (non-hydrogen) atoms. The fourth-order valence-electron chi connectivity index (χ4n) is 2.11. The molecule has 0 aliphatic heterocycles. The molecule has 154 valence electrons. The topological polar surface area (TPSA) is 92.8 Å². The van der Waals surface area contributed by atoms with Gasteiger partial charge in [0.25, 0.3) is 5.91 Å². The van der Waals surface area contributed by atoms with Gasteiger partial charge in [-0.2, -0.15) is 0 Å². The molecular weight excluding hydrogens is 439 g/mol. The molecule has 2 aromatic rings. The first-order chi connectivity index (χ1) is 13.6. The number of anilines is 1. The lowest BCUT2D eigenvalue weighted by atomic mass is 10.2. The number of nitrogens with zero attached hydrogens (tertiary/aromatic N) is 1. The largest absolute Gasteiger partial charge is 0.452 e. The highest BCUT2D eigenvalue weighted by Crippen LogP contribution is 2.23. The van der Waals surface area contributed by atoms with Crippen molar-refractivity contribution in [2.45, 2.75) is 4.90 Å². The van der Waals surface area contributed by atoms with Crippen LogP contribution in [0.5, 0.6) is 0 Å². The van der Waals surface area contributed by atoms with E-state index in [1.54, 1.807) is 18.2 Å². The highest BCUT2D eigenvalue weighted by Gasteiger charge is 2.17. The minimum absolute atomic E-state index is 0.0295. The summed E-state index contributed by atoms with van der Waals surface area (Å²) in [6.07, 6.45) is 2.62. The number of halogens is 2. The van der Waals surface area contributed by atoms with E-state index in [2.05, 4.69) is 5.32 Å². The molecule has 0 aromatic heterocycles. The Kier molecular flexibility index (Phi) is 7.80. The van der Waals surface area contributed by atoms with E-state index in [4.69, 9.17) is 27.9 Å². The third-order valence-electron chi connectivity index (χ3n) is 3.60. The Balaban J connectivity index is 1.92. The number of benzene rings is 2. The third kappa shape index (κ3) is 6.57. The van der Waals surface area contributed by atoms with E-state index in [1.807, 2.05) is 0 Å². The van der Waals surface area contributed by atoms with Crippen molar-refractivity contribution in [2.75, 3.05) is 26.0 Å². The summed E-state index contributed by atoms with van der Waals surface area (Å²) in [4.78, 5) is 23.7. The number of hydrogen-bond acceptors (Lipinski definition) is 5. The molecule has 10 heteroatoms. The van der Waals surface area contributed by atoms with E-state index in [0.29, 0.717) is 15.6 Å². The second-order valence-electron chi connectivity index (χ2n) is 5.98. The van der Waals surface area contributed by atoms with Gasteiger partial charge in [0.2, 0.25) is 10.0 Å². The predicted octanol–water partition coefficient (Wildman–Crippen LogP) is 3.44. The van der Waals surface area contributed by atoms with Crippen molar-refractivity contribution in [3.05, 3.63) is 64.1 Å². The van der Waals surface area contributed by atoms with E-state index in [9.17, 15) is 18.0 Å². The smallest absolute Gasteiger partial charge is 0.331 e. The summed E-state index contributed by atoms with van der Waals surface area (Å²) in [7, 11) is -0.814. The Morgan fingerprint density at radius 1 is 1.10 bits per heavy atom.